The molecule has 1 fully saturated rings. The number of nitrogens with one attached hydrogen (secondary N) is 1. The number of ether oxygens (including phenoxy) is 2. The second kappa shape index (κ2) is 5.99. The predicted molar refractivity (Wildman–Crippen MR) is 70.3 cm³/mol. The first kappa shape index (κ1) is 15.4. The van der Waals surface area contributed by atoms with E-state index in [0.717, 1.165) is 19.4 Å². The zero-order chi connectivity index (χ0) is 13.8. The van der Waals surface area contributed by atoms with Crippen LogP contribution in [0.5, 0.6) is 0 Å². The number of nitrogens with two attached hydrogens (primary N) is 1. The molecule has 18 heavy (non-hydrogen) atoms. The lowest BCUT2D eigenvalue weighted by atomic mass is 9.86. The van der Waals surface area contributed by atoms with Crippen LogP contribution in [0.15, 0.2) is 0 Å². The number of carbonyl (C=O) groups is 1. The first-order valence-corrected chi connectivity index (χ1v) is 6.51. The van der Waals surface area contributed by atoms with Gasteiger partial charge in [-0.1, -0.05) is 0 Å². The summed E-state index contributed by atoms with van der Waals surface area (Å²) < 4.78 is 10.9. The lowest BCUT2D eigenvalue weighted by Crippen LogP contribution is -2.58. The Bertz CT molecular complexity index is 288. The average molecular weight is 258 g/mol. The van der Waals surface area contributed by atoms with Gasteiger partial charge < -0.3 is 20.5 Å². The van der Waals surface area contributed by atoms with E-state index in [9.17, 15) is 4.79 Å². The summed E-state index contributed by atoms with van der Waals surface area (Å²) in [4.78, 5) is 11.7. The van der Waals surface area contributed by atoms with Crippen molar-refractivity contribution < 1.29 is 14.3 Å². The van der Waals surface area contributed by atoms with Gasteiger partial charge in [0.2, 0.25) is 5.91 Å². The standard InChI is InChI=1S/C13H26N2O3/c1-12(2,17-4)9-13(3,11(14)16)15-8-10-6-5-7-18-10/h10,15H,5-9H2,1-4H3,(H2,14,16). The molecule has 0 aromatic carbocycles. The smallest absolute Gasteiger partial charge is 0.237 e. The van der Waals surface area contributed by atoms with Gasteiger partial charge in [0.1, 0.15) is 0 Å². The summed E-state index contributed by atoms with van der Waals surface area (Å²) in [6.07, 6.45) is 2.84. The molecule has 1 heterocycles. The maximum Gasteiger partial charge on any atom is 0.237 e. The fourth-order valence-electron chi connectivity index (χ4n) is 2.30. The third-order valence-corrected chi connectivity index (χ3v) is 3.62. The van der Waals surface area contributed by atoms with Gasteiger partial charge in [0.25, 0.3) is 0 Å². The van der Waals surface area contributed by atoms with Crippen molar-refractivity contribution in [1.82, 2.24) is 5.32 Å². The lowest BCUT2D eigenvalue weighted by Gasteiger charge is -2.35. The van der Waals surface area contributed by atoms with E-state index < -0.39 is 11.1 Å². The third kappa shape index (κ3) is 4.23. The summed E-state index contributed by atoms with van der Waals surface area (Å²) in [6, 6.07) is 0. The summed E-state index contributed by atoms with van der Waals surface area (Å²) in [5, 5.41) is 3.25. The van der Waals surface area contributed by atoms with Crippen LogP contribution in [0.3, 0.4) is 0 Å². The van der Waals surface area contributed by atoms with Crippen LogP contribution in [-0.4, -0.2) is 43.4 Å². The second-order valence-corrected chi connectivity index (χ2v) is 5.85. The molecule has 1 aliphatic heterocycles. The number of amides is 1. The first-order chi connectivity index (χ1) is 8.29. The topological polar surface area (TPSA) is 73.6 Å². The van der Waals surface area contributed by atoms with E-state index in [0.29, 0.717) is 13.0 Å². The van der Waals surface area contributed by atoms with Crippen molar-refractivity contribution >= 4 is 5.91 Å². The SMILES string of the molecule is COC(C)(C)CC(C)(NCC1CCCO1)C(N)=O. The van der Waals surface area contributed by atoms with Crippen LogP contribution < -0.4 is 11.1 Å². The van der Waals surface area contributed by atoms with Crippen LogP contribution in [0.4, 0.5) is 0 Å². The fraction of sp³-hybridized carbons (Fsp3) is 0.923. The van der Waals surface area contributed by atoms with Crippen molar-refractivity contribution in [3.8, 4) is 0 Å². The van der Waals surface area contributed by atoms with Crippen molar-refractivity contribution in [3.05, 3.63) is 0 Å². The zero-order valence-electron chi connectivity index (χ0n) is 11.9. The first-order valence-electron chi connectivity index (χ1n) is 6.51. The Morgan fingerprint density at radius 3 is 2.61 bits per heavy atom. The van der Waals surface area contributed by atoms with Gasteiger partial charge in [-0.3, -0.25) is 4.79 Å². The molecular weight excluding hydrogens is 232 g/mol. The minimum absolute atomic E-state index is 0.189. The highest BCUT2D eigenvalue weighted by atomic mass is 16.5. The highest BCUT2D eigenvalue weighted by Gasteiger charge is 2.37. The molecule has 0 saturated carbocycles. The minimum atomic E-state index is -0.772. The lowest BCUT2D eigenvalue weighted by molar-refractivity contribution is -0.127. The van der Waals surface area contributed by atoms with Crippen LogP contribution in [0.1, 0.15) is 40.0 Å². The molecule has 1 saturated heterocycles. The summed E-state index contributed by atoms with van der Waals surface area (Å²) in [5.74, 6) is -0.356. The number of carbonyl (C=O) groups excluding carboxylic acids is 1. The van der Waals surface area contributed by atoms with Crippen molar-refractivity contribution in [2.75, 3.05) is 20.3 Å². The van der Waals surface area contributed by atoms with E-state index >= 15 is 0 Å². The molecule has 106 valence electrons. The van der Waals surface area contributed by atoms with E-state index in [1.807, 2.05) is 20.8 Å². The van der Waals surface area contributed by atoms with Crippen LogP contribution in [0, 0.1) is 0 Å². The molecule has 0 radical (unpaired) electrons. The molecule has 1 amide bonds. The van der Waals surface area contributed by atoms with Gasteiger partial charge in [0.05, 0.1) is 17.2 Å². The molecule has 2 atom stereocenters. The summed E-state index contributed by atoms with van der Waals surface area (Å²) in [7, 11) is 1.64. The van der Waals surface area contributed by atoms with Gasteiger partial charge in [0, 0.05) is 26.7 Å². The molecule has 2 unspecified atom stereocenters. The predicted octanol–water partition coefficient (Wildman–Crippen LogP) is 0.814. The zero-order valence-corrected chi connectivity index (χ0v) is 11.9. The summed E-state index contributed by atoms with van der Waals surface area (Å²) in [6.45, 7) is 7.18. The normalized spacial score (nSPS) is 23.9. The molecule has 1 aliphatic rings. The Balaban J connectivity index is 2.58. The van der Waals surface area contributed by atoms with E-state index in [1.165, 1.54) is 0 Å². The fourth-order valence-corrected chi connectivity index (χ4v) is 2.30. The molecule has 0 aliphatic carbocycles. The Hall–Kier alpha value is -0.650. The maximum atomic E-state index is 11.7. The number of methoxy groups -OCH3 is 1. The van der Waals surface area contributed by atoms with E-state index in [4.69, 9.17) is 15.2 Å². The number of hydrogen-bond acceptors (Lipinski definition) is 4. The quantitative estimate of drug-likeness (QED) is 0.709. The monoisotopic (exact) mass is 258 g/mol. The van der Waals surface area contributed by atoms with Crippen LogP contribution in [0.25, 0.3) is 0 Å². The highest BCUT2D eigenvalue weighted by Crippen LogP contribution is 2.23. The van der Waals surface area contributed by atoms with Crippen LogP contribution >= 0.6 is 0 Å². The Morgan fingerprint density at radius 2 is 2.17 bits per heavy atom. The number of hydrogen-bond donors (Lipinski definition) is 2. The van der Waals surface area contributed by atoms with Crippen LogP contribution in [-0.2, 0) is 14.3 Å². The molecule has 5 heteroatoms. The Kier molecular flexibility index (Phi) is 5.13. The van der Waals surface area contributed by atoms with Crippen molar-refractivity contribution in [2.45, 2.75) is 57.3 Å². The van der Waals surface area contributed by atoms with Crippen LogP contribution in [0.2, 0.25) is 0 Å². The van der Waals surface area contributed by atoms with E-state index in [2.05, 4.69) is 5.32 Å². The van der Waals surface area contributed by atoms with Gasteiger partial charge in [-0.15, -0.1) is 0 Å². The van der Waals surface area contributed by atoms with Crippen molar-refractivity contribution in [2.24, 2.45) is 5.73 Å². The minimum Gasteiger partial charge on any atom is -0.379 e. The third-order valence-electron chi connectivity index (χ3n) is 3.62. The maximum absolute atomic E-state index is 11.7. The summed E-state index contributed by atoms with van der Waals surface area (Å²) in [5.41, 5.74) is 4.35. The molecule has 0 aromatic rings. The molecular formula is C13H26N2O3. The number of rotatable bonds is 7. The van der Waals surface area contributed by atoms with Gasteiger partial charge >= 0.3 is 0 Å². The molecule has 0 bridgehead atoms. The van der Waals surface area contributed by atoms with Crippen molar-refractivity contribution in [3.63, 3.8) is 0 Å². The van der Waals surface area contributed by atoms with E-state index in [-0.39, 0.29) is 12.0 Å². The Labute approximate surface area is 109 Å². The van der Waals surface area contributed by atoms with Crippen molar-refractivity contribution in [1.29, 1.82) is 0 Å². The molecule has 0 spiro atoms. The van der Waals surface area contributed by atoms with E-state index in [1.54, 1.807) is 7.11 Å². The molecule has 1 rings (SSSR count). The van der Waals surface area contributed by atoms with Gasteiger partial charge in [-0.05, 0) is 33.6 Å². The second-order valence-electron chi connectivity index (χ2n) is 5.85. The largest absolute Gasteiger partial charge is 0.379 e. The Morgan fingerprint density at radius 1 is 1.50 bits per heavy atom. The molecule has 3 N–H and O–H groups in total. The molecule has 5 nitrogen and oxygen atoms in total. The summed E-state index contributed by atoms with van der Waals surface area (Å²) >= 11 is 0. The molecule has 0 aromatic heterocycles. The van der Waals surface area contributed by atoms with Gasteiger partial charge in [-0.2, -0.15) is 0 Å². The average Bonchev–Trinajstić information content (AvgIpc) is 2.78. The number of primary amides is 1. The van der Waals surface area contributed by atoms with Gasteiger partial charge in [-0.25, -0.2) is 0 Å². The van der Waals surface area contributed by atoms with Gasteiger partial charge in [0.15, 0.2) is 0 Å². The highest BCUT2D eigenvalue weighted by molar-refractivity contribution is 5.84.